The Morgan fingerprint density at radius 2 is 1.46 bits per heavy atom. The summed E-state index contributed by atoms with van der Waals surface area (Å²) in [6.07, 6.45) is 0. The third kappa shape index (κ3) is 3.45. The van der Waals surface area contributed by atoms with Crippen molar-refractivity contribution in [2.45, 2.75) is 13.5 Å². The molecule has 4 heteroatoms. The molecule has 3 aromatic rings. The SMILES string of the molecule is Cc1cccc(NC2=C(c3ccccc3)C(=O)N(Cc3ccccc3)C2=O)c1. The molecule has 1 aliphatic rings. The summed E-state index contributed by atoms with van der Waals surface area (Å²) in [4.78, 5) is 27.7. The highest BCUT2D eigenvalue weighted by molar-refractivity contribution is 6.36. The molecule has 0 saturated heterocycles. The maximum absolute atomic E-state index is 13.2. The van der Waals surface area contributed by atoms with Crippen LogP contribution in [0.3, 0.4) is 0 Å². The van der Waals surface area contributed by atoms with Crippen LogP contribution in [0.5, 0.6) is 0 Å². The smallest absolute Gasteiger partial charge is 0.278 e. The molecule has 3 aromatic carbocycles. The molecule has 28 heavy (non-hydrogen) atoms. The summed E-state index contributed by atoms with van der Waals surface area (Å²) >= 11 is 0. The average Bonchev–Trinajstić information content (AvgIpc) is 2.94. The molecule has 0 fully saturated rings. The number of nitrogens with one attached hydrogen (secondary N) is 1. The van der Waals surface area contributed by atoms with E-state index < -0.39 is 0 Å². The standard InChI is InChI=1S/C24H20N2O2/c1-17-9-8-14-20(15-17)25-22-21(19-12-6-3-7-13-19)23(27)26(24(22)28)16-18-10-4-2-5-11-18/h2-15,25H,16H2,1H3. The molecule has 0 unspecified atom stereocenters. The summed E-state index contributed by atoms with van der Waals surface area (Å²) in [5.74, 6) is -0.593. The van der Waals surface area contributed by atoms with Gasteiger partial charge in [0.25, 0.3) is 11.8 Å². The van der Waals surface area contributed by atoms with Crippen LogP contribution >= 0.6 is 0 Å². The molecular weight excluding hydrogens is 348 g/mol. The van der Waals surface area contributed by atoms with Crippen molar-refractivity contribution < 1.29 is 9.59 Å². The van der Waals surface area contributed by atoms with Gasteiger partial charge >= 0.3 is 0 Å². The van der Waals surface area contributed by atoms with Gasteiger partial charge in [-0.05, 0) is 35.7 Å². The zero-order valence-corrected chi connectivity index (χ0v) is 15.6. The van der Waals surface area contributed by atoms with Crippen LogP contribution in [0.25, 0.3) is 5.57 Å². The van der Waals surface area contributed by atoms with Gasteiger partial charge in [0.05, 0.1) is 12.1 Å². The molecule has 0 bridgehead atoms. The van der Waals surface area contributed by atoms with Gasteiger partial charge in [-0.1, -0.05) is 72.8 Å². The Morgan fingerprint density at radius 1 is 0.786 bits per heavy atom. The van der Waals surface area contributed by atoms with Crippen molar-refractivity contribution in [3.63, 3.8) is 0 Å². The van der Waals surface area contributed by atoms with Crippen LogP contribution in [0.4, 0.5) is 5.69 Å². The summed E-state index contributed by atoms with van der Waals surface area (Å²) in [6.45, 7) is 2.23. The molecule has 138 valence electrons. The minimum atomic E-state index is -0.311. The Hall–Kier alpha value is -3.66. The Morgan fingerprint density at radius 3 is 2.14 bits per heavy atom. The van der Waals surface area contributed by atoms with E-state index in [1.807, 2.05) is 91.9 Å². The van der Waals surface area contributed by atoms with Crippen molar-refractivity contribution in [1.82, 2.24) is 4.90 Å². The molecule has 1 aliphatic heterocycles. The molecule has 0 aliphatic carbocycles. The summed E-state index contributed by atoms with van der Waals surface area (Å²) in [5, 5.41) is 3.19. The van der Waals surface area contributed by atoms with E-state index in [-0.39, 0.29) is 18.4 Å². The lowest BCUT2D eigenvalue weighted by atomic mass is 10.0. The number of carbonyl (C=O) groups is 2. The van der Waals surface area contributed by atoms with Crippen LogP contribution in [0.15, 0.2) is 90.6 Å². The van der Waals surface area contributed by atoms with E-state index >= 15 is 0 Å². The number of hydrogen-bond donors (Lipinski definition) is 1. The highest BCUT2D eigenvalue weighted by Gasteiger charge is 2.39. The van der Waals surface area contributed by atoms with Crippen LogP contribution in [0.2, 0.25) is 0 Å². The molecule has 4 rings (SSSR count). The van der Waals surface area contributed by atoms with Crippen molar-refractivity contribution in [3.05, 3.63) is 107 Å². The second-order valence-corrected chi connectivity index (χ2v) is 6.79. The summed E-state index contributed by atoms with van der Waals surface area (Å²) in [5.41, 5.74) is 4.22. The van der Waals surface area contributed by atoms with Gasteiger partial charge in [0.1, 0.15) is 5.70 Å². The van der Waals surface area contributed by atoms with Gasteiger partial charge in [0.15, 0.2) is 0 Å². The predicted molar refractivity (Wildman–Crippen MR) is 110 cm³/mol. The summed E-state index contributed by atoms with van der Waals surface area (Å²) in [7, 11) is 0. The highest BCUT2D eigenvalue weighted by atomic mass is 16.2. The third-order valence-corrected chi connectivity index (χ3v) is 4.70. The second kappa shape index (κ2) is 7.53. The number of anilines is 1. The predicted octanol–water partition coefficient (Wildman–Crippen LogP) is 4.39. The Balaban J connectivity index is 1.74. The molecule has 2 amide bonds. The molecule has 1 heterocycles. The summed E-state index contributed by atoms with van der Waals surface area (Å²) < 4.78 is 0. The van der Waals surface area contributed by atoms with E-state index in [9.17, 15) is 9.59 Å². The van der Waals surface area contributed by atoms with Gasteiger partial charge in [-0.15, -0.1) is 0 Å². The zero-order chi connectivity index (χ0) is 19.5. The lowest BCUT2D eigenvalue weighted by Crippen LogP contribution is -2.31. The molecule has 0 saturated carbocycles. The number of imide groups is 1. The van der Waals surface area contributed by atoms with E-state index in [4.69, 9.17) is 0 Å². The number of hydrogen-bond acceptors (Lipinski definition) is 3. The first kappa shape index (κ1) is 17.7. The number of benzene rings is 3. The van der Waals surface area contributed by atoms with Crippen molar-refractivity contribution in [1.29, 1.82) is 0 Å². The monoisotopic (exact) mass is 368 g/mol. The zero-order valence-electron chi connectivity index (χ0n) is 15.6. The normalized spacial score (nSPS) is 14.0. The van der Waals surface area contributed by atoms with Crippen molar-refractivity contribution in [2.24, 2.45) is 0 Å². The molecule has 1 N–H and O–H groups in total. The fraction of sp³-hybridized carbons (Fsp3) is 0.0833. The number of aryl methyl sites for hydroxylation is 1. The van der Waals surface area contributed by atoms with E-state index in [0.29, 0.717) is 11.3 Å². The maximum atomic E-state index is 13.2. The van der Waals surface area contributed by atoms with Crippen LogP contribution in [-0.2, 0) is 16.1 Å². The van der Waals surface area contributed by atoms with Gasteiger partial charge in [-0.2, -0.15) is 0 Å². The molecule has 0 atom stereocenters. The third-order valence-electron chi connectivity index (χ3n) is 4.70. The van der Waals surface area contributed by atoms with Crippen molar-refractivity contribution in [3.8, 4) is 0 Å². The number of rotatable bonds is 5. The molecule has 0 spiro atoms. The number of carbonyl (C=O) groups excluding carboxylic acids is 2. The molecule has 0 aromatic heterocycles. The van der Waals surface area contributed by atoms with Crippen LogP contribution in [0.1, 0.15) is 16.7 Å². The first-order valence-corrected chi connectivity index (χ1v) is 9.17. The van der Waals surface area contributed by atoms with Crippen LogP contribution < -0.4 is 5.32 Å². The quantitative estimate of drug-likeness (QED) is 0.680. The fourth-order valence-corrected chi connectivity index (χ4v) is 3.34. The van der Waals surface area contributed by atoms with Gasteiger partial charge in [0.2, 0.25) is 0 Å². The lowest BCUT2D eigenvalue weighted by molar-refractivity contribution is -0.137. The van der Waals surface area contributed by atoms with E-state index in [0.717, 1.165) is 22.4 Å². The largest absolute Gasteiger partial charge is 0.350 e. The average molecular weight is 368 g/mol. The Kier molecular flexibility index (Phi) is 4.77. The van der Waals surface area contributed by atoms with Crippen LogP contribution in [0, 0.1) is 6.92 Å². The number of amides is 2. The van der Waals surface area contributed by atoms with Crippen LogP contribution in [-0.4, -0.2) is 16.7 Å². The second-order valence-electron chi connectivity index (χ2n) is 6.79. The van der Waals surface area contributed by atoms with Gasteiger partial charge < -0.3 is 5.32 Å². The minimum absolute atomic E-state index is 0.244. The number of nitrogens with zero attached hydrogens (tertiary/aromatic N) is 1. The highest BCUT2D eigenvalue weighted by Crippen LogP contribution is 2.31. The van der Waals surface area contributed by atoms with E-state index in [1.54, 1.807) is 0 Å². The summed E-state index contributed by atoms with van der Waals surface area (Å²) in [6, 6.07) is 26.6. The first-order chi connectivity index (χ1) is 13.6. The maximum Gasteiger partial charge on any atom is 0.278 e. The molecule has 4 nitrogen and oxygen atoms in total. The lowest BCUT2D eigenvalue weighted by Gasteiger charge is -2.15. The Labute approximate surface area is 164 Å². The topological polar surface area (TPSA) is 49.4 Å². The van der Waals surface area contributed by atoms with Crippen molar-refractivity contribution in [2.75, 3.05) is 5.32 Å². The molecular formula is C24H20N2O2. The first-order valence-electron chi connectivity index (χ1n) is 9.17. The fourth-order valence-electron chi connectivity index (χ4n) is 3.34. The Bertz CT molecular complexity index is 1060. The van der Waals surface area contributed by atoms with Crippen molar-refractivity contribution >= 4 is 23.1 Å². The van der Waals surface area contributed by atoms with Gasteiger partial charge in [-0.3, -0.25) is 14.5 Å². The van der Waals surface area contributed by atoms with Gasteiger partial charge in [0, 0.05) is 5.69 Å². The van der Waals surface area contributed by atoms with E-state index in [2.05, 4.69) is 5.32 Å². The minimum Gasteiger partial charge on any atom is -0.350 e. The van der Waals surface area contributed by atoms with Gasteiger partial charge in [-0.25, -0.2) is 0 Å². The van der Waals surface area contributed by atoms with E-state index in [1.165, 1.54) is 4.90 Å². The molecule has 0 radical (unpaired) electrons.